The molecule has 3 amide bonds. The van der Waals surface area contributed by atoms with Gasteiger partial charge in [-0.1, -0.05) is 12.1 Å². The van der Waals surface area contributed by atoms with Crippen LogP contribution in [0.25, 0.3) is 0 Å². The number of nitrogens with one attached hydrogen (secondary N) is 3. The first-order chi connectivity index (χ1) is 12.9. The molecule has 148 valence electrons. The molecule has 1 saturated heterocycles. The minimum atomic E-state index is -0.570. The topological polar surface area (TPSA) is 106 Å². The van der Waals surface area contributed by atoms with E-state index in [0.29, 0.717) is 18.7 Å². The lowest BCUT2D eigenvalue weighted by Gasteiger charge is -2.11. The van der Waals surface area contributed by atoms with Gasteiger partial charge in [0.15, 0.2) is 6.61 Å². The maximum Gasteiger partial charge on any atom is 0.338 e. The Morgan fingerprint density at radius 1 is 1.19 bits per heavy atom. The van der Waals surface area contributed by atoms with E-state index < -0.39 is 5.97 Å². The van der Waals surface area contributed by atoms with Crippen molar-refractivity contribution in [2.75, 3.05) is 19.8 Å². The molecule has 0 spiro atoms. The Morgan fingerprint density at radius 3 is 2.56 bits per heavy atom. The van der Waals surface area contributed by atoms with Crippen LogP contribution in [0, 0.1) is 0 Å². The fourth-order valence-corrected chi connectivity index (χ4v) is 2.55. The molecular formula is C19H27N3O5. The van der Waals surface area contributed by atoms with Gasteiger partial charge >= 0.3 is 12.0 Å². The smallest absolute Gasteiger partial charge is 0.338 e. The van der Waals surface area contributed by atoms with Crippen molar-refractivity contribution >= 4 is 17.9 Å². The number of urea groups is 1. The Balaban J connectivity index is 1.69. The molecule has 0 bridgehead atoms. The van der Waals surface area contributed by atoms with Crippen molar-refractivity contribution in [1.82, 2.24) is 16.0 Å². The Hall–Kier alpha value is -2.61. The van der Waals surface area contributed by atoms with Gasteiger partial charge in [0.2, 0.25) is 0 Å². The lowest BCUT2D eigenvalue weighted by atomic mass is 10.1. The predicted molar refractivity (Wildman–Crippen MR) is 99.2 cm³/mol. The molecule has 1 heterocycles. The van der Waals surface area contributed by atoms with Crippen LogP contribution in [-0.4, -0.2) is 49.8 Å². The van der Waals surface area contributed by atoms with Gasteiger partial charge in [0.05, 0.1) is 11.7 Å². The number of esters is 1. The van der Waals surface area contributed by atoms with Gasteiger partial charge in [0.1, 0.15) is 0 Å². The van der Waals surface area contributed by atoms with Crippen LogP contribution in [0.5, 0.6) is 0 Å². The summed E-state index contributed by atoms with van der Waals surface area (Å²) >= 11 is 0. The first-order valence-electron chi connectivity index (χ1n) is 9.13. The minimum absolute atomic E-state index is 0.0495. The van der Waals surface area contributed by atoms with Crippen LogP contribution in [0.1, 0.15) is 42.6 Å². The average molecular weight is 377 g/mol. The number of ether oxygens (including phenoxy) is 2. The quantitative estimate of drug-likeness (QED) is 0.593. The highest BCUT2D eigenvalue weighted by Crippen LogP contribution is 2.10. The highest BCUT2D eigenvalue weighted by Gasteiger charge is 2.17. The first kappa shape index (κ1) is 20.7. The molecule has 0 radical (unpaired) electrons. The third-order valence-electron chi connectivity index (χ3n) is 3.95. The number of amides is 3. The molecule has 27 heavy (non-hydrogen) atoms. The van der Waals surface area contributed by atoms with E-state index in [1.165, 1.54) is 0 Å². The third kappa shape index (κ3) is 7.65. The molecule has 1 aromatic rings. The highest BCUT2D eigenvalue weighted by molar-refractivity contribution is 5.91. The zero-order chi connectivity index (χ0) is 19.6. The predicted octanol–water partition coefficient (Wildman–Crippen LogP) is 1.35. The summed E-state index contributed by atoms with van der Waals surface area (Å²) in [6, 6.07) is 6.47. The Bertz CT molecular complexity index is 639. The van der Waals surface area contributed by atoms with Crippen LogP contribution in [0.15, 0.2) is 24.3 Å². The van der Waals surface area contributed by atoms with Crippen molar-refractivity contribution in [3.63, 3.8) is 0 Å². The summed E-state index contributed by atoms with van der Waals surface area (Å²) in [4.78, 5) is 35.3. The summed E-state index contributed by atoms with van der Waals surface area (Å²) in [5.41, 5.74) is 1.19. The van der Waals surface area contributed by atoms with E-state index in [-0.39, 0.29) is 30.7 Å². The molecular weight excluding hydrogens is 350 g/mol. The lowest BCUT2D eigenvalue weighted by molar-refractivity contribution is -0.124. The molecule has 0 saturated carbocycles. The fraction of sp³-hybridized carbons (Fsp3) is 0.526. The van der Waals surface area contributed by atoms with Crippen molar-refractivity contribution < 1.29 is 23.9 Å². The van der Waals surface area contributed by atoms with Gasteiger partial charge in [-0.25, -0.2) is 9.59 Å². The second-order valence-corrected chi connectivity index (χ2v) is 6.69. The Morgan fingerprint density at radius 2 is 1.93 bits per heavy atom. The number of carbonyl (C=O) groups excluding carboxylic acids is 3. The summed E-state index contributed by atoms with van der Waals surface area (Å²) in [5, 5.41) is 8.15. The van der Waals surface area contributed by atoms with Gasteiger partial charge in [-0.05, 0) is 44.4 Å². The van der Waals surface area contributed by atoms with Gasteiger partial charge in [0.25, 0.3) is 5.91 Å². The molecule has 8 nitrogen and oxygen atoms in total. The van der Waals surface area contributed by atoms with Crippen LogP contribution in [0.4, 0.5) is 4.79 Å². The maximum atomic E-state index is 12.0. The van der Waals surface area contributed by atoms with Crippen molar-refractivity contribution in [1.29, 1.82) is 0 Å². The Kier molecular flexibility index (Phi) is 8.06. The largest absolute Gasteiger partial charge is 0.452 e. The second-order valence-electron chi connectivity index (χ2n) is 6.69. The van der Waals surface area contributed by atoms with E-state index in [1.54, 1.807) is 24.3 Å². The number of hydrogen-bond acceptors (Lipinski definition) is 5. The van der Waals surface area contributed by atoms with Crippen molar-refractivity contribution in [2.45, 2.75) is 45.4 Å². The molecule has 3 N–H and O–H groups in total. The van der Waals surface area contributed by atoms with E-state index >= 15 is 0 Å². The van der Waals surface area contributed by atoms with Gasteiger partial charge in [0, 0.05) is 25.7 Å². The summed E-state index contributed by atoms with van der Waals surface area (Å²) in [7, 11) is 0. The summed E-state index contributed by atoms with van der Waals surface area (Å²) in [6.45, 7) is 4.93. The standard InChI is InChI=1S/C19H27N3O5/c1-13(2)22-19(25)21-10-14-5-7-15(8-6-14)18(24)27-12-17(23)20-11-16-4-3-9-26-16/h5-8,13,16H,3-4,9-12H2,1-2H3,(H,20,23)(H2,21,22,25)/t16-/m0/s1. The van der Waals surface area contributed by atoms with Crippen LogP contribution in [0.3, 0.4) is 0 Å². The summed E-state index contributed by atoms with van der Waals surface area (Å²) < 4.78 is 10.4. The second kappa shape index (κ2) is 10.5. The lowest BCUT2D eigenvalue weighted by Crippen LogP contribution is -2.39. The summed E-state index contributed by atoms with van der Waals surface area (Å²) in [6.07, 6.45) is 1.98. The number of carbonyl (C=O) groups is 3. The number of benzene rings is 1. The first-order valence-corrected chi connectivity index (χ1v) is 9.13. The molecule has 8 heteroatoms. The minimum Gasteiger partial charge on any atom is -0.452 e. The molecule has 1 aromatic carbocycles. The molecule has 0 aliphatic carbocycles. The van der Waals surface area contributed by atoms with E-state index in [2.05, 4.69) is 16.0 Å². The maximum absolute atomic E-state index is 12.0. The average Bonchev–Trinajstić information content (AvgIpc) is 3.16. The molecule has 2 rings (SSSR count). The zero-order valence-electron chi connectivity index (χ0n) is 15.7. The highest BCUT2D eigenvalue weighted by atomic mass is 16.5. The molecule has 0 aromatic heterocycles. The van der Waals surface area contributed by atoms with E-state index in [0.717, 1.165) is 25.0 Å². The fourth-order valence-electron chi connectivity index (χ4n) is 2.55. The normalized spacial score (nSPS) is 16.0. The third-order valence-corrected chi connectivity index (χ3v) is 3.95. The van der Waals surface area contributed by atoms with Gasteiger partial charge < -0.3 is 25.4 Å². The van der Waals surface area contributed by atoms with E-state index in [4.69, 9.17) is 9.47 Å². The molecule has 1 aliphatic rings. The van der Waals surface area contributed by atoms with Crippen LogP contribution < -0.4 is 16.0 Å². The monoisotopic (exact) mass is 377 g/mol. The molecule has 1 atom stereocenters. The molecule has 0 unspecified atom stereocenters. The number of rotatable bonds is 8. The van der Waals surface area contributed by atoms with E-state index in [1.807, 2.05) is 13.8 Å². The van der Waals surface area contributed by atoms with Gasteiger partial charge in [-0.15, -0.1) is 0 Å². The molecule has 1 fully saturated rings. The Labute approximate surface area is 159 Å². The van der Waals surface area contributed by atoms with Crippen molar-refractivity contribution in [3.05, 3.63) is 35.4 Å². The van der Waals surface area contributed by atoms with Gasteiger partial charge in [-0.2, -0.15) is 0 Å². The van der Waals surface area contributed by atoms with Gasteiger partial charge in [-0.3, -0.25) is 4.79 Å². The zero-order valence-corrected chi connectivity index (χ0v) is 15.7. The number of hydrogen-bond donors (Lipinski definition) is 3. The SMILES string of the molecule is CC(C)NC(=O)NCc1ccc(C(=O)OCC(=O)NC[C@@H]2CCCO2)cc1. The van der Waals surface area contributed by atoms with Crippen molar-refractivity contribution in [2.24, 2.45) is 0 Å². The van der Waals surface area contributed by atoms with Crippen LogP contribution in [0.2, 0.25) is 0 Å². The van der Waals surface area contributed by atoms with Crippen molar-refractivity contribution in [3.8, 4) is 0 Å². The summed E-state index contributed by atoms with van der Waals surface area (Å²) in [5.74, 6) is -0.921. The van der Waals surface area contributed by atoms with E-state index in [9.17, 15) is 14.4 Å². The molecule has 1 aliphatic heterocycles. The van der Waals surface area contributed by atoms with Crippen LogP contribution in [-0.2, 0) is 20.8 Å². The van der Waals surface area contributed by atoms with Crippen LogP contribution >= 0.6 is 0 Å².